The number of aromatic nitrogens is 2. The zero-order chi connectivity index (χ0) is 19.6. The summed E-state index contributed by atoms with van der Waals surface area (Å²) in [5, 5.41) is 2.84. The van der Waals surface area contributed by atoms with Crippen LogP contribution in [0.2, 0.25) is 0 Å². The summed E-state index contributed by atoms with van der Waals surface area (Å²) in [4.78, 5) is 20.6. The Kier molecular flexibility index (Phi) is 5.15. The van der Waals surface area contributed by atoms with Crippen LogP contribution in [0.5, 0.6) is 0 Å². The Morgan fingerprint density at radius 3 is 2.64 bits per heavy atom. The molecule has 2 heterocycles. The Bertz CT molecular complexity index is 1050. The maximum atomic E-state index is 13.0. The molecular formula is C20H22N4O3S. The third-order valence-corrected chi connectivity index (χ3v) is 6.90. The zero-order valence-corrected chi connectivity index (χ0v) is 16.2. The Hall–Kier alpha value is -2.71. The van der Waals surface area contributed by atoms with Crippen molar-refractivity contribution in [2.75, 3.05) is 6.54 Å². The molecule has 0 radical (unpaired) electrons. The minimum absolute atomic E-state index is 0.215. The van der Waals surface area contributed by atoms with Crippen molar-refractivity contribution in [2.45, 2.75) is 36.7 Å². The second kappa shape index (κ2) is 7.73. The van der Waals surface area contributed by atoms with E-state index in [0.29, 0.717) is 18.8 Å². The number of aromatic amines is 1. The number of carbonyl (C=O) groups is 1. The van der Waals surface area contributed by atoms with E-state index in [9.17, 15) is 13.2 Å². The first kappa shape index (κ1) is 18.6. The van der Waals surface area contributed by atoms with Crippen LogP contribution in [-0.4, -0.2) is 41.2 Å². The molecule has 1 fully saturated rings. The average Bonchev–Trinajstić information content (AvgIpc) is 3.15. The van der Waals surface area contributed by atoms with E-state index in [-0.39, 0.29) is 17.3 Å². The average molecular weight is 398 g/mol. The van der Waals surface area contributed by atoms with Crippen LogP contribution in [0, 0.1) is 0 Å². The predicted molar refractivity (Wildman–Crippen MR) is 106 cm³/mol. The number of para-hydroxylation sites is 2. The molecule has 1 unspecified atom stereocenters. The summed E-state index contributed by atoms with van der Waals surface area (Å²) in [6.45, 7) is 0.573. The van der Waals surface area contributed by atoms with Crippen LogP contribution in [0.1, 0.15) is 25.1 Å². The van der Waals surface area contributed by atoms with Gasteiger partial charge in [0.25, 0.3) is 0 Å². The van der Waals surface area contributed by atoms with Crippen molar-refractivity contribution in [3.05, 3.63) is 60.4 Å². The molecule has 1 saturated heterocycles. The molecule has 2 aromatic carbocycles. The fourth-order valence-corrected chi connectivity index (χ4v) is 5.24. The smallest absolute Gasteiger partial charge is 0.243 e. The van der Waals surface area contributed by atoms with Gasteiger partial charge in [-0.05, 0) is 37.1 Å². The maximum Gasteiger partial charge on any atom is 0.243 e. The van der Waals surface area contributed by atoms with Gasteiger partial charge in [-0.2, -0.15) is 4.31 Å². The van der Waals surface area contributed by atoms with Gasteiger partial charge in [-0.15, -0.1) is 0 Å². The molecule has 0 saturated carbocycles. The lowest BCUT2D eigenvalue weighted by atomic mass is 10.0. The molecule has 4 rings (SSSR count). The number of benzene rings is 2. The fourth-order valence-electron chi connectivity index (χ4n) is 3.56. The highest BCUT2D eigenvalue weighted by Gasteiger charge is 2.37. The van der Waals surface area contributed by atoms with E-state index < -0.39 is 16.1 Å². The molecule has 7 nitrogen and oxygen atoms in total. The second-order valence-corrected chi connectivity index (χ2v) is 8.75. The molecular weight excluding hydrogens is 376 g/mol. The standard InChI is InChI=1S/C20H22N4O3S/c25-20(21-14-19-22-16-10-4-5-11-17(16)23-19)18-12-6-7-13-24(18)28(26,27)15-8-2-1-3-9-15/h1-5,8-11,18H,6-7,12-14H2,(H,21,25)(H,22,23). The fraction of sp³-hybridized carbons (Fsp3) is 0.300. The number of hydrogen-bond donors (Lipinski definition) is 2. The molecule has 28 heavy (non-hydrogen) atoms. The lowest BCUT2D eigenvalue weighted by Gasteiger charge is -2.33. The van der Waals surface area contributed by atoms with E-state index >= 15 is 0 Å². The number of imidazole rings is 1. The highest BCUT2D eigenvalue weighted by molar-refractivity contribution is 7.89. The van der Waals surface area contributed by atoms with E-state index in [4.69, 9.17) is 0 Å². The van der Waals surface area contributed by atoms with Gasteiger partial charge in [0.2, 0.25) is 15.9 Å². The normalized spacial score (nSPS) is 18.2. The first-order valence-electron chi connectivity index (χ1n) is 9.34. The first-order chi connectivity index (χ1) is 13.6. The van der Waals surface area contributed by atoms with Crippen molar-refractivity contribution >= 4 is 27.0 Å². The van der Waals surface area contributed by atoms with Crippen LogP contribution in [0.3, 0.4) is 0 Å². The molecule has 1 aliphatic heterocycles. The lowest BCUT2D eigenvalue weighted by molar-refractivity contribution is -0.125. The minimum atomic E-state index is -3.71. The minimum Gasteiger partial charge on any atom is -0.347 e. The molecule has 8 heteroatoms. The molecule has 3 aromatic rings. The highest BCUT2D eigenvalue weighted by atomic mass is 32.2. The van der Waals surface area contributed by atoms with E-state index in [2.05, 4.69) is 15.3 Å². The monoisotopic (exact) mass is 398 g/mol. The van der Waals surface area contributed by atoms with Crippen LogP contribution < -0.4 is 5.32 Å². The zero-order valence-electron chi connectivity index (χ0n) is 15.3. The van der Waals surface area contributed by atoms with Gasteiger partial charge in [-0.1, -0.05) is 36.8 Å². The highest BCUT2D eigenvalue weighted by Crippen LogP contribution is 2.25. The summed E-state index contributed by atoms with van der Waals surface area (Å²) < 4.78 is 27.4. The molecule has 1 aromatic heterocycles. The second-order valence-electron chi connectivity index (χ2n) is 6.86. The number of nitrogens with one attached hydrogen (secondary N) is 2. The molecule has 1 amide bonds. The third-order valence-electron chi connectivity index (χ3n) is 4.97. The van der Waals surface area contributed by atoms with Gasteiger partial charge >= 0.3 is 0 Å². The van der Waals surface area contributed by atoms with Gasteiger partial charge in [-0.25, -0.2) is 13.4 Å². The number of carbonyl (C=O) groups excluding carboxylic acids is 1. The van der Waals surface area contributed by atoms with Crippen molar-refractivity contribution in [3.8, 4) is 0 Å². The molecule has 1 aliphatic rings. The summed E-state index contributed by atoms with van der Waals surface area (Å²) in [7, 11) is -3.71. The Morgan fingerprint density at radius 2 is 1.86 bits per heavy atom. The van der Waals surface area contributed by atoms with Crippen molar-refractivity contribution in [2.24, 2.45) is 0 Å². The maximum absolute atomic E-state index is 13.0. The van der Waals surface area contributed by atoms with E-state index in [1.165, 1.54) is 4.31 Å². The molecule has 0 bridgehead atoms. The Balaban J connectivity index is 1.50. The van der Waals surface area contributed by atoms with Crippen molar-refractivity contribution < 1.29 is 13.2 Å². The van der Waals surface area contributed by atoms with Gasteiger partial charge in [0, 0.05) is 6.54 Å². The molecule has 0 aliphatic carbocycles. The predicted octanol–water partition coefficient (Wildman–Crippen LogP) is 2.42. The number of sulfonamides is 1. The molecule has 146 valence electrons. The van der Waals surface area contributed by atoms with Crippen LogP contribution in [-0.2, 0) is 21.4 Å². The van der Waals surface area contributed by atoms with Gasteiger partial charge in [0.1, 0.15) is 11.9 Å². The van der Waals surface area contributed by atoms with Crippen LogP contribution in [0.4, 0.5) is 0 Å². The molecule has 0 spiro atoms. The number of hydrogen-bond acceptors (Lipinski definition) is 4. The van der Waals surface area contributed by atoms with Crippen molar-refractivity contribution in [1.29, 1.82) is 0 Å². The molecule has 1 atom stereocenters. The van der Waals surface area contributed by atoms with Crippen molar-refractivity contribution in [3.63, 3.8) is 0 Å². The van der Waals surface area contributed by atoms with Gasteiger partial charge in [-0.3, -0.25) is 4.79 Å². The number of nitrogens with zero attached hydrogens (tertiary/aromatic N) is 2. The number of piperidine rings is 1. The Labute approximate surface area is 163 Å². The van der Waals surface area contributed by atoms with Gasteiger partial charge < -0.3 is 10.3 Å². The van der Waals surface area contributed by atoms with Crippen LogP contribution >= 0.6 is 0 Å². The summed E-state index contributed by atoms with van der Waals surface area (Å²) >= 11 is 0. The summed E-state index contributed by atoms with van der Waals surface area (Å²) in [5.41, 5.74) is 1.73. The summed E-state index contributed by atoms with van der Waals surface area (Å²) in [6.07, 6.45) is 2.08. The quantitative estimate of drug-likeness (QED) is 0.690. The van der Waals surface area contributed by atoms with E-state index in [1.807, 2.05) is 24.3 Å². The number of rotatable bonds is 5. The topological polar surface area (TPSA) is 95.2 Å². The van der Waals surface area contributed by atoms with Gasteiger partial charge in [0.05, 0.1) is 22.5 Å². The SMILES string of the molecule is O=C(NCc1nc2ccccc2[nH]1)C1CCCCN1S(=O)(=O)c1ccccc1. The first-order valence-corrected chi connectivity index (χ1v) is 10.8. The lowest BCUT2D eigenvalue weighted by Crippen LogP contribution is -2.51. The summed E-state index contributed by atoms with van der Waals surface area (Å²) in [5.74, 6) is 0.350. The van der Waals surface area contributed by atoms with Crippen molar-refractivity contribution in [1.82, 2.24) is 19.6 Å². The number of H-pyrrole nitrogens is 1. The van der Waals surface area contributed by atoms with E-state index in [0.717, 1.165) is 23.9 Å². The summed E-state index contributed by atoms with van der Waals surface area (Å²) in [6, 6.07) is 15.2. The molecule has 2 N–H and O–H groups in total. The number of fused-ring (bicyclic) bond motifs is 1. The van der Waals surface area contributed by atoms with Crippen LogP contribution in [0.15, 0.2) is 59.5 Å². The third kappa shape index (κ3) is 3.65. The Morgan fingerprint density at radius 1 is 1.11 bits per heavy atom. The number of amides is 1. The van der Waals surface area contributed by atoms with E-state index in [1.54, 1.807) is 30.3 Å². The van der Waals surface area contributed by atoms with Gasteiger partial charge in [0.15, 0.2) is 0 Å². The largest absolute Gasteiger partial charge is 0.347 e. The van der Waals surface area contributed by atoms with Crippen LogP contribution in [0.25, 0.3) is 11.0 Å².